The molecule has 7 nitrogen and oxygen atoms in total. The number of carbonyl (C=O) groups is 2. The van der Waals surface area contributed by atoms with Crippen LogP contribution in [0.1, 0.15) is 22.5 Å². The lowest BCUT2D eigenvalue weighted by atomic mass is 10.1. The Morgan fingerprint density at radius 1 is 0.941 bits per heavy atom. The fraction of sp³-hybridized carbons (Fsp3) is 0.308. The van der Waals surface area contributed by atoms with Crippen molar-refractivity contribution in [3.8, 4) is 0 Å². The number of hydrogen-bond donors (Lipinski definition) is 1. The van der Waals surface area contributed by atoms with Crippen LogP contribution in [0.3, 0.4) is 0 Å². The first kappa shape index (κ1) is 25.2. The fourth-order valence-electron chi connectivity index (χ4n) is 3.42. The first-order valence-corrected chi connectivity index (χ1v) is 12.0. The van der Waals surface area contributed by atoms with Crippen molar-refractivity contribution in [2.45, 2.75) is 32.5 Å². The van der Waals surface area contributed by atoms with E-state index in [1.165, 1.54) is 11.8 Å². The Kier molecular flexibility index (Phi) is 8.65. The van der Waals surface area contributed by atoms with Gasteiger partial charge in [-0.1, -0.05) is 36.0 Å². The molecule has 0 aliphatic heterocycles. The van der Waals surface area contributed by atoms with Gasteiger partial charge in [-0.3, -0.25) is 9.59 Å². The molecule has 0 spiro atoms. The Bertz CT molecular complexity index is 1130. The van der Waals surface area contributed by atoms with E-state index in [2.05, 4.69) is 15.3 Å². The van der Waals surface area contributed by atoms with Crippen molar-refractivity contribution in [2.75, 3.05) is 36.6 Å². The summed E-state index contributed by atoms with van der Waals surface area (Å²) >= 11 is 1.29. The maximum absolute atomic E-state index is 13.2. The van der Waals surface area contributed by atoms with E-state index in [1.807, 2.05) is 94.4 Å². The van der Waals surface area contributed by atoms with Crippen molar-refractivity contribution in [3.05, 3.63) is 77.1 Å². The van der Waals surface area contributed by atoms with Crippen LogP contribution in [0, 0.1) is 20.8 Å². The normalized spacial score (nSPS) is 10.6. The molecular formula is C26H31N5O2S. The van der Waals surface area contributed by atoms with Gasteiger partial charge < -0.3 is 15.1 Å². The van der Waals surface area contributed by atoms with E-state index >= 15 is 0 Å². The van der Waals surface area contributed by atoms with E-state index in [0.717, 1.165) is 28.2 Å². The van der Waals surface area contributed by atoms with Gasteiger partial charge in [0.25, 0.3) is 0 Å². The summed E-state index contributed by atoms with van der Waals surface area (Å²) in [6.45, 7) is 6.12. The molecule has 0 saturated carbocycles. The SMILES string of the molecule is Cc1cc(C)nc(SCC(=O)N(CC(=O)Nc2ccc(N(C)C)cc2)Cc2ccccc2C)n1. The molecule has 2 aromatic carbocycles. The summed E-state index contributed by atoms with van der Waals surface area (Å²) in [6, 6.07) is 17.4. The smallest absolute Gasteiger partial charge is 0.244 e. The molecule has 0 atom stereocenters. The molecule has 0 fully saturated rings. The number of nitrogens with one attached hydrogen (secondary N) is 1. The molecule has 34 heavy (non-hydrogen) atoms. The van der Waals surface area contributed by atoms with Crippen LogP contribution in [0.2, 0.25) is 0 Å². The first-order chi connectivity index (χ1) is 16.2. The third-order valence-corrected chi connectivity index (χ3v) is 6.10. The number of amides is 2. The number of hydrogen-bond acceptors (Lipinski definition) is 6. The van der Waals surface area contributed by atoms with Gasteiger partial charge in [-0.05, 0) is 62.2 Å². The molecule has 0 aliphatic rings. The molecule has 1 heterocycles. The van der Waals surface area contributed by atoms with E-state index in [0.29, 0.717) is 17.4 Å². The predicted molar refractivity (Wildman–Crippen MR) is 138 cm³/mol. The zero-order valence-electron chi connectivity index (χ0n) is 20.3. The Balaban J connectivity index is 1.71. The summed E-state index contributed by atoms with van der Waals surface area (Å²) in [5.41, 5.74) is 5.53. The molecule has 0 saturated heterocycles. The molecule has 0 unspecified atom stereocenters. The second-order valence-electron chi connectivity index (χ2n) is 8.39. The minimum absolute atomic E-state index is 0.0448. The van der Waals surface area contributed by atoms with Crippen molar-refractivity contribution in [2.24, 2.45) is 0 Å². The highest BCUT2D eigenvalue weighted by Crippen LogP contribution is 2.18. The molecule has 3 aromatic rings. The quantitative estimate of drug-likeness (QED) is 0.367. The maximum atomic E-state index is 13.2. The van der Waals surface area contributed by atoms with Crippen LogP contribution in [0.15, 0.2) is 59.8 Å². The van der Waals surface area contributed by atoms with E-state index in [4.69, 9.17) is 0 Å². The van der Waals surface area contributed by atoms with Crippen LogP contribution in [0.25, 0.3) is 0 Å². The average molecular weight is 478 g/mol. The number of aromatic nitrogens is 2. The third kappa shape index (κ3) is 7.31. The second-order valence-corrected chi connectivity index (χ2v) is 9.33. The summed E-state index contributed by atoms with van der Waals surface area (Å²) in [7, 11) is 3.92. The highest BCUT2D eigenvalue weighted by atomic mass is 32.2. The second kappa shape index (κ2) is 11.7. The molecule has 0 radical (unpaired) electrons. The van der Waals surface area contributed by atoms with Gasteiger partial charge in [-0.2, -0.15) is 0 Å². The van der Waals surface area contributed by atoms with Crippen LogP contribution in [-0.2, 0) is 16.1 Å². The molecule has 0 aliphatic carbocycles. The lowest BCUT2D eigenvalue weighted by Gasteiger charge is -2.23. The largest absolute Gasteiger partial charge is 0.378 e. The molecule has 3 rings (SSSR count). The number of thioether (sulfide) groups is 1. The van der Waals surface area contributed by atoms with Gasteiger partial charge in [0.15, 0.2) is 5.16 Å². The summed E-state index contributed by atoms with van der Waals surface area (Å²) < 4.78 is 0. The van der Waals surface area contributed by atoms with Crippen LogP contribution < -0.4 is 10.2 Å². The molecule has 8 heteroatoms. The van der Waals surface area contributed by atoms with E-state index in [1.54, 1.807) is 4.90 Å². The van der Waals surface area contributed by atoms with E-state index < -0.39 is 0 Å². The fourth-order valence-corrected chi connectivity index (χ4v) is 4.27. The average Bonchev–Trinajstić information content (AvgIpc) is 2.78. The zero-order valence-corrected chi connectivity index (χ0v) is 21.1. The van der Waals surface area contributed by atoms with Crippen molar-refractivity contribution in [1.82, 2.24) is 14.9 Å². The van der Waals surface area contributed by atoms with Gasteiger partial charge in [-0.25, -0.2) is 9.97 Å². The summed E-state index contributed by atoms with van der Waals surface area (Å²) in [6.07, 6.45) is 0. The van der Waals surface area contributed by atoms with Gasteiger partial charge in [0.2, 0.25) is 11.8 Å². The lowest BCUT2D eigenvalue weighted by molar-refractivity contribution is -0.133. The molecule has 2 amide bonds. The van der Waals surface area contributed by atoms with Crippen LogP contribution >= 0.6 is 11.8 Å². The number of nitrogens with zero attached hydrogens (tertiary/aromatic N) is 4. The van der Waals surface area contributed by atoms with Crippen LogP contribution in [0.5, 0.6) is 0 Å². The minimum Gasteiger partial charge on any atom is -0.378 e. The van der Waals surface area contributed by atoms with Crippen molar-refractivity contribution in [3.63, 3.8) is 0 Å². The molecule has 178 valence electrons. The number of rotatable bonds is 9. The molecular weight excluding hydrogens is 446 g/mol. The molecule has 1 N–H and O–H groups in total. The van der Waals surface area contributed by atoms with E-state index in [-0.39, 0.29) is 24.1 Å². The molecule has 1 aromatic heterocycles. The monoisotopic (exact) mass is 477 g/mol. The Morgan fingerprint density at radius 3 is 2.21 bits per heavy atom. The summed E-state index contributed by atoms with van der Waals surface area (Å²) in [5, 5.41) is 3.46. The van der Waals surface area contributed by atoms with Gasteiger partial charge in [0.1, 0.15) is 6.54 Å². The highest BCUT2D eigenvalue weighted by Gasteiger charge is 2.19. The van der Waals surface area contributed by atoms with Crippen molar-refractivity contribution >= 4 is 35.0 Å². The van der Waals surface area contributed by atoms with E-state index in [9.17, 15) is 9.59 Å². The van der Waals surface area contributed by atoms with Crippen molar-refractivity contribution in [1.29, 1.82) is 0 Å². The Hall–Kier alpha value is -3.39. The van der Waals surface area contributed by atoms with Gasteiger partial charge in [0, 0.05) is 43.4 Å². The lowest BCUT2D eigenvalue weighted by Crippen LogP contribution is -2.38. The summed E-state index contributed by atoms with van der Waals surface area (Å²) in [5.74, 6) is -0.235. The van der Waals surface area contributed by atoms with Crippen molar-refractivity contribution < 1.29 is 9.59 Å². The van der Waals surface area contributed by atoms with Crippen LogP contribution in [0.4, 0.5) is 11.4 Å². The minimum atomic E-state index is -0.243. The maximum Gasteiger partial charge on any atom is 0.244 e. The number of benzene rings is 2. The van der Waals surface area contributed by atoms with Gasteiger partial charge in [-0.15, -0.1) is 0 Å². The van der Waals surface area contributed by atoms with Gasteiger partial charge in [0.05, 0.1) is 5.75 Å². The zero-order chi connectivity index (χ0) is 24.7. The third-order valence-electron chi connectivity index (χ3n) is 5.26. The first-order valence-electron chi connectivity index (χ1n) is 11.1. The Morgan fingerprint density at radius 2 is 1.59 bits per heavy atom. The number of aryl methyl sites for hydroxylation is 3. The predicted octanol–water partition coefficient (Wildman–Crippen LogP) is 4.23. The van der Waals surface area contributed by atoms with Crippen LogP contribution in [-0.4, -0.2) is 53.1 Å². The number of anilines is 2. The Labute approximate surface area is 205 Å². The molecule has 0 bridgehead atoms. The van der Waals surface area contributed by atoms with Gasteiger partial charge >= 0.3 is 0 Å². The highest BCUT2D eigenvalue weighted by molar-refractivity contribution is 7.99. The summed E-state index contributed by atoms with van der Waals surface area (Å²) in [4.78, 5) is 38.4. The number of carbonyl (C=O) groups excluding carboxylic acids is 2. The standard InChI is InChI=1S/C26H31N5O2S/c1-18-8-6-7-9-21(18)15-31(25(33)17-34-26-27-19(2)14-20(3)28-26)16-24(32)29-22-10-12-23(13-11-22)30(4)5/h6-14H,15-17H2,1-5H3,(H,29,32). The topological polar surface area (TPSA) is 78.4 Å².